The molecule has 1 fully saturated rings. The van der Waals surface area contributed by atoms with Gasteiger partial charge in [-0.25, -0.2) is 0 Å². The standard InChI is InChI=1S/C16H34N2O/c1-14(2)9-11-18(16-7-5-6-8-16)12-10-17-15(3)13-19-4/h14-17H,5-13H2,1-4H3. The summed E-state index contributed by atoms with van der Waals surface area (Å²) in [4.78, 5) is 2.72. The second-order valence-corrected chi connectivity index (χ2v) is 6.47. The zero-order valence-electron chi connectivity index (χ0n) is 13.5. The Morgan fingerprint density at radius 3 is 2.42 bits per heavy atom. The zero-order chi connectivity index (χ0) is 14.1. The molecule has 0 amide bonds. The molecule has 1 unspecified atom stereocenters. The first-order valence-electron chi connectivity index (χ1n) is 8.09. The lowest BCUT2D eigenvalue weighted by atomic mass is 10.1. The van der Waals surface area contributed by atoms with Crippen LogP contribution in [0.15, 0.2) is 0 Å². The van der Waals surface area contributed by atoms with Crippen LogP contribution < -0.4 is 5.32 Å². The second kappa shape index (κ2) is 9.73. The number of hydrogen-bond donors (Lipinski definition) is 1. The van der Waals surface area contributed by atoms with Crippen molar-refractivity contribution in [1.29, 1.82) is 0 Å². The number of nitrogens with one attached hydrogen (secondary N) is 1. The van der Waals surface area contributed by atoms with Crippen molar-refractivity contribution in [2.45, 2.75) is 65.0 Å². The van der Waals surface area contributed by atoms with Crippen LogP contribution in [0.2, 0.25) is 0 Å². The normalized spacial score (nSPS) is 18.6. The number of hydrogen-bond acceptors (Lipinski definition) is 3. The molecule has 0 radical (unpaired) electrons. The van der Waals surface area contributed by atoms with Gasteiger partial charge in [0, 0.05) is 32.3 Å². The fourth-order valence-electron chi connectivity index (χ4n) is 2.93. The van der Waals surface area contributed by atoms with Gasteiger partial charge < -0.3 is 10.1 Å². The molecule has 0 aromatic rings. The van der Waals surface area contributed by atoms with Crippen LogP contribution in [0.25, 0.3) is 0 Å². The Hall–Kier alpha value is -0.120. The van der Waals surface area contributed by atoms with E-state index >= 15 is 0 Å². The summed E-state index contributed by atoms with van der Waals surface area (Å²) < 4.78 is 5.16. The average Bonchev–Trinajstić information content (AvgIpc) is 2.87. The summed E-state index contributed by atoms with van der Waals surface area (Å²) in [6.07, 6.45) is 6.99. The lowest BCUT2D eigenvalue weighted by Crippen LogP contribution is -2.42. The third-order valence-corrected chi connectivity index (χ3v) is 4.14. The van der Waals surface area contributed by atoms with E-state index in [1.54, 1.807) is 7.11 Å². The molecular formula is C16H34N2O. The molecule has 19 heavy (non-hydrogen) atoms. The molecule has 1 rings (SSSR count). The summed E-state index contributed by atoms with van der Waals surface area (Å²) in [6, 6.07) is 1.30. The Labute approximate surface area is 120 Å². The molecule has 114 valence electrons. The maximum atomic E-state index is 5.16. The third kappa shape index (κ3) is 7.28. The van der Waals surface area contributed by atoms with E-state index in [9.17, 15) is 0 Å². The van der Waals surface area contributed by atoms with E-state index in [0.29, 0.717) is 6.04 Å². The third-order valence-electron chi connectivity index (χ3n) is 4.14. The van der Waals surface area contributed by atoms with E-state index in [-0.39, 0.29) is 0 Å². The van der Waals surface area contributed by atoms with Gasteiger partial charge in [-0.2, -0.15) is 0 Å². The second-order valence-electron chi connectivity index (χ2n) is 6.47. The molecule has 0 heterocycles. The van der Waals surface area contributed by atoms with Crippen LogP contribution in [-0.2, 0) is 4.74 Å². The smallest absolute Gasteiger partial charge is 0.0613 e. The van der Waals surface area contributed by atoms with E-state index in [0.717, 1.165) is 25.1 Å². The molecule has 3 nitrogen and oxygen atoms in total. The van der Waals surface area contributed by atoms with Gasteiger partial charge in [0.1, 0.15) is 0 Å². The molecule has 0 bridgehead atoms. The fraction of sp³-hybridized carbons (Fsp3) is 1.00. The minimum atomic E-state index is 0.459. The van der Waals surface area contributed by atoms with E-state index in [4.69, 9.17) is 4.74 Å². The monoisotopic (exact) mass is 270 g/mol. The minimum Gasteiger partial charge on any atom is -0.383 e. The van der Waals surface area contributed by atoms with Crippen molar-refractivity contribution in [3.8, 4) is 0 Å². The molecule has 0 aromatic carbocycles. The SMILES string of the molecule is COCC(C)NCCN(CCC(C)C)C1CCCC1. The van der Waals surface area contributed by atoms with Crippen molar-refractivity contribution in [2.24, 2.45) is 5.92 Å². The topological polar surface area (TPSA) is 24.5 Å². The average molecular weight is 270 g/mol. The van der Waals surface area contributed by atoms with Gasteiger partial charge >= 0.3 is 0 Å². The highest BCUT2D eigenvalue weighted by molar-refractivity contribution is 4.78. The van der Waals surface area contributed by atoms with Crippen molar-refractivity contribution in [3.63, 3.8) is 0 Å². The zero-order valence-corrected chi connectivity index (χ0v) is 13.5. The molecule has 0 aromatic heterocycles. The summed E-state index contributed by atoms with van der Waals surface area (Å²) in [6.45, 7) is 11.2. The number of methoxy groups -OCH3 is 1. The summed E-state index contributed by atoms with van der Waals surface area (Å²) >= 11 is 0. The van der Waals surface area contributed by atoms with Gasteiger partial charge in [0.05, 0.1) is 6.61 Å². The van der Waals surface area contributed by atoms with Crippen LogP contribution in [0.5, 0.6) is 0 Å². The molecule has 1 N–H and O–H groups in total. The predicted octanol–water partition coefficient (Wildman–Crippen LogP) is 2.90. The Balaban J connectivity index is 2.27. The Kier molecular flexibility index (Phi) is 8.67. The Morgan fingerprint density at radius 2 is 1.84 bits per heavy atom. The minimum absolute atomic E-state index is 0.459. The number of nitrogens with zero attached hydrogens (tertiary/aromatic N) is 1. The molecular weight excluding hydrogens is 236 g/mol. The van der Waals surface area contributed by atoms with Crippen LogP contribution in [0.4, 0.5) is 0 Å². The molecule has 1 aliphatic rings. The van der Waals surface area contributed by atoms with Crippen LogP contribution in [0.1, 0.15) is 52.9 Å². The first-order chi connectivity index (χ1) is 9.13. The van der Waals surface area contributed by atoms with Crippen LogP contribution >= 0.6 is 0 Å². The molecule has 0 saturated heterocycles. The molecule has 1 aliphatic carbocycles. The summed E-state index contributed by atoms with van der Waals surface area (Å²) in [5.41, 5.74) is 0. The van der Waals surface area contributed by atoms with Crippen molar-refractivity contribution < 1.29 is 4.74 Å². The van der Waals surface area contributed by atoms with Gasteiger partial charge in [0.2, 0.25) is 0 Å². The van der Waals surface area contributed by atoms with Crippen molar-refractivity contribution in [1.82, 2.24) is 10.2 Å². The lowest BCUT2D eigenvalue weighted by molar-refractivity contribution is 0.160. The van der Waals surface area contributed by atoms with Crippen molar-refractivity contribution in [3.05, 3.63) is 0 Å². The van der Waals surface area contributed by atoms with E-state index in [1.807, 2.05) is 0 Å². The summed E-state index contributed by atoms with van der Waals surface area (Å²) in [5.74, 6) is 0.810. The fourth-order valence-corrected chi connectivity index (χ4v) is 2.93. The van der Waals surface area contributed by atoms with E-state index in [1.165, 1.54) is 45.2 Å². The van der Waals surface area contributed by atoms with Crippen molar-refractivity contribution in [2.75, 3.05) is 33.4 Å². The van der Waals surface area contributed by atoms with Crippen molar-refractivity contribution >= 4 is 0 Å². The molecule has 3 heteroatoms. The molecule has 0 spiro atoms. The van der Waals surface area contributed by atoms with Crippen LogP contribution in [-0.4, -0.2) is 50.3 Å². The predicted molar refractivity (Wildman–Crippen MR) is 82.6 cm³/mol. The molecule has 0 aliphatic heterocycles. The highest BCUT2D eigenvalue weighted by Gasteiger charge is 2.22. The van der Waals surface area contributed by atoms with Gasteiger partial charge in [-0.3, -0.25) is 4.90 Å². The molecule has 1 atom stereocenters. The van der Waals surface area contributed by atoms with Gasteiger partial charge in [-0.05, 0) is 38.6 Å². The summed E-state index contributed by atoms with van der Waals surface area (Å²) in [5, 5.41) is 3.56. The number of rotatable bonds is 10. The van der Waals surface area contributed by atoms with Gasteiger partial charge in [-0.1, -0.05) is 26.7 Å². The van der Waals surface area contributed by atoms with Crippen LogP contribution in [0, 0.1) is 5.92 Å². The lowest BCUT2D eigenvalue weighted by Gasteiger charge is -2.30. The first-order valence-corrected chi connectivity index (χ1v) is 8.09. The maximum Gasteiger partial charge on any atom is 0.0613 e. The van der Waals surface area contributed by atoms with Gasteiger partial charge in [0.15, 0.2) is 0 Å². The van der Waals surface area contributed by atoms with Gasteiger partial charge in [0.25, 0.3) is 0 Å². The highest BCUT2D eigenvalue weighted by Crippen LogP contribution is 2.23. The molecule has 1 saturated carbocycles. The largest absolute Gasteiger partial charge is 0.383 e. The Bertz CT molecular complexity index is 215. The first kappa shape index (κ1) is 16.9. The number of ether oxygens (including phenoxy) is 1. The maximum absolute atomic E-state index is 5.16. The van der Waals surface area contributed by atoms with Gasteiger partial charge in [-0.15, -0.1) is 0 Å². The summed E-state index contributed by atoms with van der Waals surface area (Å²) in [7, 11) is 1.77. The quantitative estimate of drug-likeness (QED) is 0.660. The highest BCUT2D eigenvalue weighted by atomic mass is 16.5. The van der Waals surface area contributed by atoms with E-state index in [2.05, 4.69) is 31.0 Å². The van der Waals surface area contributed by atoms with E-state index < -0.39 is 0 Å². The van der Waals surface area contributed by atoms with Crippen LogP contribution in [0.3, 0.4) is 0 Å². The Morgan fingerprint density at radius 1 is 1.16 bits per heavy atom.